The Morgan fingerprint density at radius 2 is 2.10 bits per heavy atom. The van der Waals surface area contributed by atoms with Gasteiger partial charge in [-0.15, -0.1) is 0 Å². The van der Waals surface area contributed by atoms with Crippen molar-refractivity contribution >= 4 is 31.9 Å². The van der Waals surface area contributed by atoms with Crippen molar-refractivity contribution in [3.8, 4) is 0 Å². The second kappa shape index (κ2) is 6.85. The largest absolute Gasteiger partial charge is 0.383 e. The van der Waals surface area contributed by atoms with Crippen LogP contribution in [0.3, 0.4) is 0 Å². The Balaban J connectivity index is 2.39. The second-order valence-corrected chi connectivity index (χ2v) is 6.31. The molecule has 0 bridgehead atoms. The Labute approximate surface area is 135 Å². The smallest absolute Gasteiger partial charge is 0.0745 e. The predicted molar refractivity (Wildman–Crippen MR) is 86.7 cm³/mol. The van der Waals surface area contributed by atoms with E-state index in [9.17, 15) is 0 Å². The topological polar surface area (TPSA) is 53.1 Å². The molecule has 1 aromatic carbocycles. The lowest BCUT2D eigenvalue weighted by molar-refractivity contribution is 0.182. The molecule has 0 radical (unpaired) electrons. The van der Waals surface area contributed by atoms with Gasteiger partial charge in [0.2, 0.25) is 0 Å². The minimum absolute atomic E-state index is 0.252. The van der Waals surface area contributed by atoms with Crippen LogP contribution in [-0.2, 0) is 11.3 Å². The monoisotopic (exact) mass is 401 g/mol. The number of hydrogen-bond acceptors (Lipinski definition) is 3. The summed E-state index contributed by atoms with van der Waals surface area (Å²) in [6.45, 7) is 3.33. The van der Waals surface area contributed by atoms with Crippen molar-refractivity contribution in [2.24, 2.45) is 5.73 Å². The predicted octanol–water partition coefficient (Wildman–Crippen LogP) is 3.41. The van der Waals surface area contributed by atoms with Crippen LogP contribution in [0.15, 0.2) is 33.3 Å². The van der Waals surface area contributed by atoms with Crippen LogP contribution in [0.2, 0.25) is 0 Å². The quantitative estimate of drug-likeness (QED) is 0.833. The fraction of sp³-hybridized carbons (Fsp3) is 0.357. The maximum Gasteiger partial charge on any atom is 0.0745 e. The van der Waals surface area contributed by atoms with Crippen molar-refractivity contribution in [1.29, 1.82) is 0 Å². The Kier molecular flexibility index (Phi) is 5.37. The molecule has 0 saturated carbocycles. The molecule has 108 valence electrons. The number of ether oxygens (including phenoxy) is 1. The van der Waals surface area contributed by atoms with E-state index in [1.807, 2.05) is 10.7 Å². The number of hydrogen-bond donors (Lipinski definition) is 1. The Hall–Kier alpha value is -0.690. The van der Waals surface area contributed by atoms with Crippen LogP contribution in [0, 0.1) is 6.92 Å². The van der Waals surface area contributed by atoms with Crippen LogP contribution in [-0.4, -0.2) is 23.5 Å². The van der Waals surface area contributed by atoms with Gasteiger partial charge in [0.05, 0.1) is 35.6 Å². The van der Waals surface area contributed by atoms with E-state index in [2.05, 4.69) is 56.0 Å². The SMILES string of the molecule is COCCn1ncc(Br)c1C(N)c1cc(C)ccc1Br. The molecule has 1 unspecified atom stereocenters. The molecule has 0 aliphatic rings. The number of rotatable bonds is 5. The standard InChI is InChI=1S/C14H17Br2N3O/c1-9-3-4-11(15)10(7-9)13(17)14-12(16)8-18-19(14)5-6-20-2/h3-4,7-8,13H,5-6,17H2,1-2H3. The summed E-state index contributed by atoms with van der Waals surface area (Å²) in [6, 6.07) is 5.92. The van der Waals surface area contributed by atoms with Gasteiger partial charge in [-0.25, -0.2) is 0 Å². The van der Waals surface area contributed by atoms with Crippen LogP contribution in [0.5, 0.6) is 0 Å². The second-order valence-electron chi connectivity index (χ2n) is 4.60. The highest BCUT2D eigenvalue weighted by atomic mass is 79.9. The molecule has 1 aromatic heterocycles. The Morgan fingerprint density at radius 1 is 1.35 bits per heavy atom. The minimum atomic E-state index is -0.252. The summed E-state index contributed by atoms with van der Waals surface area (Å²) in [5.41, 5.74) is 9.62. The summed E-state index contributed by atoms with van der Waals surface area (Å²) < 4.78 is 8.91. The fourth-order valence-corrected chi connectivity index (χ4v) is 3.12. The molecule has 0 amide bonds. The van der Waals surface area contributed by atoms with E-state index in [0.717, 1.165) is 20.2 Å². The highest BCUT2D eigenvalue weighted by molar-refractivity contribution is 9.10. The molecule has 1 atom stereocenters. The zero-order chi connectivity index (χ0) is 14.7. The molecule has 1 heterocycles. The third-order valence-electron chi connectivity index (χ3n) is 3.12. The maximum absolute atomic E-state index is 6.44. The van der Waals surface area contributed by atoms with E-state index < -0.39 is 0 Å². The zero-order valence-corrected chi connectivity index (χ0v) is 14.6. The van der Waals surface area contributed by atoms with Gasteiger partial charge in [0.25, 0.3) is 0 Å². The molecule has 4 nitrogen and oxygen atoms in total. The van der Waals surface area contributed by atoms with Gasteiger partial charge in [0.1, 0.15) is 0 Å². The number of aryl methyl sites for hydroxylation is 1. The molecule has 0 fully saturated rings. The van der Waals surface area contributed by atoms with Crippen LogP contribution < -0.4 is 5.73 Å². The van der Waals surface area contributed by atoms with Gasteiger partial charge in [0, 0.05) is 11.6 Å². The third-order valence-corrected chi connectivity index (χ3v) is 4.45. The van der Waals surface area contributed by atoms with E-state index in [-0.39, 0.29) is 6.04 Å². The Bertz CT molecular complexity index is 598. The first-order valence-corrected chi connectivity index (χ1v) is 7.85. The van der Waals surface area contributed by atoms with Crippen LogP contribution in [0.4, 0.5) is 0 Å². The lowest BCUT2D eigenvalue weighted by atomic mass is 10.0. The van der Waals surface area contributed by atoms with Crippen LogP contribution in [0.1, 0.15) is 22.9 Å². The van der Waals surface area contributed by atoms with Crippen molar-refractivity contribution in [3.63, 3.8) is 0 Å². The van der Waals surface area contributed by atoms with E-state index in [1.54, 1.807) is 13.3 Å². The number of aromatic nitrogens is 2. The maximum atomic E-state index is 6.44. The summed E-state index contributed by atoms with van der Waals surface area (Å²) in [6.07, 6.45) is 1.77. The van der Waals surface area contributed by atoms with Crippen molar-refractivity contribution in [3.05, 3.63) is 50.2 Å². The average molecular weight is 403 g/mol. The van der Waals surface area contributed by atoms with Gasteiger partial charge in [-0.1, -0.05) is 33.6 Å². The molecule has 2 rings (SSSR count). The van der Waals surface area contributed by atoms with Crippen LogP contribution >= 0.6 is 31.9 Å². The summed E-state index contributed by atoms with van der Waals surface area (Å²) in [5.74, 6) is 0. The first-order valence-electron chi connectivity index (χ1n) is 6.26. The molecule has 0 aliphatic heterocycles. The molecular formula is C14H17Br2N3O. The minimum Gasteiger partial charge on any atom is -0.383 e. The van der Waals surface area contributed by atoms with Crippen molar-refractivity contribution in [2.75, 3.05) is 13.7 Å². The third kappa shape index (κ3) is 3.31. The van der Waals surface area contributed by atoms with Gasteiger partial charge >= 0.3 is 0 Å². The molecule has 0 spiro atoms. The van der Waals surface area contributed by atoms with E-state index in [4.69, 9.17) is 10.5 Å². The fourth-order valence-electron chi connectivity index (χ4n) is 2.09. The van der Waals surface area contributed by atoms with Gasteiger partial charge < -0.3 is 10.5 Å². The molecule has 2 N–H and O–H groups in total. The summed E-state index contributed by atoms with van der Waals surface area (Å²) in [5, 5.41) is 4.35. The number of nitrogens with zero attached hydrogens (tertiary/aromatic N) is 2. The summed E-state index contributed by atoms with van der Waals surface area (Å²) >= 11 is 7.10. The highest BCUT2D eigenvalue weighted by Crippen LogP contribution is 2.31. The molecule has 0 aliphatic carbocycles. The van der Waals surface area contributed by atoms with E-state index in [1.165, 1.54) is 5.56 Å². The van der Waals surface area contributed by atoms with E-state index >= 15 is 0 Å². The molecular weight excluding hydrogens is 386 g/mol. The highest BCUT2D eigenvalue weighted by Gasteiger charge is 2.20. The van der Waals surface area contributed by atoms with Crippen LogP contribution in [0.25, 0.3) is 0 Å². The molecule has 2 aromatic rings. The normalized spacial score (nSPS) is 12.7. The summed E-state index contributed by atoms with van der Waals surface area (Å²) in [4.78, 5) is 0. The molecule has 20 heavy (non-hydrogen) atoms. The zero-order valence-electron chi connectivity index (χ0n) is 11.4. The van der Waals surface area contributed by atoms with Gasteiger partial charge in [-0.3, -0.25) is 4.68 Å². The van der Waals surface area contributed by atoms with Crippen molar-refractivity contribution < 1.29 is 4.74 Å². The first kappa shape index (κ1) is 15.7. The van der Waals surface area contributed by atoms with Gasteiger partial charge in [0.15, 0.2) is 0 Å². The summed E-state index contributed by atoms with van der Waals surface area (Å²) in [7, 11) is 1.68. The molecule has 6 heteroatoms. The molecule has 0 saturated heterocycles. The number of nitrogens with two attached hydrogens (primary N) is 1. The first-order chi connectivity index (χ1) is 9.54. The lowest BCUT2D eigenvalue weighted by Crippen LogP contribution is -2.20. The number of benzene rings is 1. The number of methoxy groups -OCH3 is 1. The van der Waals surface area contributed by atoms with Gasteiger partial charge in [-0.05, 0) is 34.5 Å². The Morgan fingerprint density at radius 3 is 2.80 bits per heavy atom. The van der Waals surface area contributed by atoms with Gasteiger partial charge in [-0.2, -0.15) is 5.10 Å². The van der Waals surface area contributed by atoms with Crippen molar-refractivity contribution in [1.82, 2.24) is 9.78 Å². The van der Waals surface area contributed by atoms with Crippen molar-refractivity contribution in [2.45, 2.75) is 19.5 Å². The lowest BCUT2D eigenvalue weighted by Gasteiger charge is -2.17. The van der Waals surface area contributed by atoms with E-state index in [0.29, 0.717) is 13.2 Å². The number of halogens is 2. The average Bonchev–Trinajstić information content (AvgIpc) is 2.79.